The fourth-order valence-corrected chi connectivity index (χ4v) is 7.44. The summed E-state index contributed by atoms with van der Waals surface area (Å²) >= 11 is 12.4. The second kappa shape index (κ2) is 18.2. The van der Waals surface area contributed by atoms with Gasteiger partial charge in [-0.05, 0) is 85.2 Å². The summed E-state index contributed by atoms with van der Waals surface area (Å²) in [4.78, 5) is 11.6. The molecular formula is C40H57Cl2N5. The Hall–Kier alpha value is -2.60. The first kappa shape index (κ1) is 37.2. The molecule has 2 heterocycles. The summed E-state index contributed by atoms with van der Waals surface area (Å²) in [6.07, 6.45) is 17.0. The highest BCUT2D eigenvalue weighted by Crippen LogP contribution is 2.37. The summed E-state index contributed by atoms with van der Waals surface area (Å²) in [5, 5.41) is 10.9. The van der Waals surface area contributed by atoms with E-state index < -0.39 is 0 Å². The Bertz CT molecular complexity index is 1440. The number of benzene rings is 2. The highest BCUT2D eigenvalue weighted by atomic mass is 35.5. The van der Waals surface area contributed by atoms with Gasteiger partial charge in [0.1, 0.15) is 0 Å². The Balaban J connectivity index is 1.21. The second-order valence-corrected chi connectivity index (χ2v) is 16.1. The van der Waals surface area contributed by atoms with Gasteiger partial charge < -0.3 is 10.6 Å². The normalized spacial score (nSPS) is 12.3. The van der Waals surface area contributed by atoms with Crippen molar-refractivity contribution < 1.29 is 0 Å². The van der Waals surface area contributed by atoms with Gasteiger partial charge in [-0.15, -0.1) is 0 Å². The number of pyridine rings is 2. The molecule has 0 spiro atoms. The van der Waals surface area contributed by atoms with Crippen LogP contribution in [0.25, 0.3) is 21.8 Å². The topological polar surface area (TPSA) is 53.1 Å². The quantitative estimate of drug-likeness (QED) is 0.0911. The van der Waals surface area contributed by atoms with Crippen molar-refractivity contribution in [2.75, 3.05) is 43.4 Å². The molecule has 0 aliphatic carbocycles. The number of rotatable bonds is 20. The average Bonchev–Trinajstić information content (AvgIpc) is 3.00. The Labute approximate surface area is 294 Å². The molecule has 0 aliphatic heterocycles. The Morgan fingerprint density at radius 3 is 1.55 bits per heavy atom. The number of fused-ring (bicyclic) bond motifs is 2. The van der Waals surface area contributed by atoms with Crippen molar-refractivity contribution in [2.24, 2.45) is 10.8 Å². The minimum absolute atomic E-state index is 0.416. The molecular weight excluding hydrogens is 621 g/mol. The molecule has 5 nitrogen and oxygen atoms in total. The molecule has 0 bridgehead atoms. The average molecular weight is 679 g/mol. The van der Waals surface area contributed by atoms with Gasteiger partial charge in [0.05, 0.1) is 11.0 Å². The molecule has 47 heavy (non-hydrogen) atoms. The molecule has 7 heteroatoms. The fraction of sp³-hybridized carbons (Fsp3) is 0.550. The lowest BCUT2D eigenvalue weighted by Gasteiger charge is -2.32. The molecule has 2 N–H and O–H groups in total. The van der Waals surface area contributed by atoms with Crippen LogP contribution in [0.15, 0.2) is 60.9 Å². The number of nitrogens with zero attached hydrogens (tertiary/aromatic N) is 3. The molecule has 0 atom stereocenters. The molecule has 256 valence electrons. The lowest BCUT2D eigenvalue weighted by molar-refractivity contribution is 0.194. The predicted molar refractivity (Wildman–Crippen MR) is 206 cm³/mol. The van der Waals surface area contributed by atoms with Crippen molar-refractivity contribution in [3.05, 3.63) is 71.0 Å². The van der Waals surface area contributed by atoms with Crippen molar-refractivity contribution in [1.29, 1.82) is 0 Å². The molecule has 0 saturated heterocycles. The SMILES string of the molecule is CC(C)(C)CC(C)(C)CCCCCCCCCCN(CCNc1ccnc2cc(Cl)ccc12)CCNc1ccnc2cc(Cl)ccc12. The van der Waals surface area contributed by atoms with Crippen LogP contribution in [0.2, 0.25) is 10.0 Å². The third-order valence-electron chi connectivity index (χ3n) is 8.98. The molecule has 0 aliphatic rings. The third-order valence-corrected chi connectivity index (χ3v) is 9.45. The number of anilines is 2. The number of hydrogen-bond donors (Lipinski definition) is 2. The minimum Gasteiger partial charge on any atom is -0.383 e. The van der Waals surface area contributed by atoms with Crippen LogP contribution in [0.4, 0.5) is 11.4 Å². The van der Waals surface area contributed by atoms with Crippen molar-refractivity contribution in [1.82, 2.24) is 14.9 Å². The van der Waals surface area contributed by atoms with Crippen LogP contribution < -0.4 is 10.6 Å². The molecule has 0 radical (unpaired) electrons. The standard InChI is InChI=1S/C40H57Cl2N5/c1-39(2,3)30-40(4,5)20-12-10-8-6-7-9-11-13-25-47(26-23-45-35-18-21-43-37-28-31(41)14-16-33(35)37)27-24-46-36-19-22-44-38-29-32(42)15-17-34(36)38/h14-19,21-22,28-29H,6-13,20,23-27,30H2,1-5H3,(H,43,45)(H,44,46). The van der Waals surface area contributed by atoms with Crippen LogP contribution in [0, 0.1) is 10.8 Å². The second-order valence-electron chi connectivity index (χ2n) is 15.2. The molecule has 4 rings (SSSR count). The molecule has 0 saturated carbocycles. The van der Waals surface area contributed by atoms with E-state index in [1.807, 2.05) is 36.7 Å². The molecule has 0 fully saturated rings. The van der Waals surface area contributed by atoms with E-state index in [-0.39, 0.29) is 0 Å². The number of halogens is 2. The van der Waals surface area contributed by atoms with Crippen molar-refractivity contribution >= 4 is 56.4 Å². The lowest BCUT2D eigenvalue weighted by atomic mass is 9.73. The molecule has 0 unspecified atom stereocenters. The smallest absolute Gasteiger partial charge is 0.0737 e. The maximum absolute atomic E-state index is 6.21. The van der Waals surface area contributed by atoms with Crippen LogP contribution in [-0.4, -0.2) is 47.6 Å². The van der Waals surface area contributed by atoms with Crippen LogP contribution in [-0.2, 0) is 0 Å². The zero-order valence-electron chi connectivity index (χ0n) is 29.5. The van der Waals surface area contributed by atoms with Crippen LogP contribution >= 0.6 is 23.2 Å². The first-order valence-corrected chi connectivity index (χ1v) is 18.5. The maximum atomic E-state index is 6.21. The van der Waals surface area contributed by atoms with Gasteiger partial charge >= 0.3 is 0 Å². The van der Waals surface area contributed by atoms with Gasteiger partial charge in [0.25, 0.3) is 0 Å². The highest BCUT2D eigenvalue weighted by molar-refractivity contribution is 6.31. The van der Waals surface area contributed by atoms with E-state index in [1.165, 1.54) is 64.2 Å². The molecule has 4 aromatic rings. The van der Waals surface area contributed by atoms with Gasteiger partial charge in [-0.2, -0.15) is 0 Å². The summed E-state index contributed by atoms with van der Waals surface area (Å²) in [5.74, 6) is 0. The zero-order valence-corrected chi connectivity index (χ0v) is 31.0. The molecule has 2 aromatic heterocycles. The van der Waals surface area contributed by atoms with Crippen LogP contribution in [0.5, 0.6) is 0 Å². The lowest BCUT2D eigenvalue weighted by Crippen LogP contribution is -2.34. The summed E-state index contributed by atoms with van der Waals surface area (Å²) in [6, 6.07) is 15.9. The van der Waals surface area contributed by atoms with Crippen molar-refractivity contribution in [3.8, 4) is 0 Å². The predicted octanol–water partition coefficient (Wildman–Crippen LogP) is 11.9. The van der Waals surface area contributed by atoms with Crippen molar-refractivity contribution in [2.45, 2.75) is 98.8 Å². The van der Waals surface area contributed by atoms with E-state index in [9.17, 15) is 0 Å². The summed E-state index contributed by atoms with van der Waals surface area (Å²) in [5.41, 5.74) is 4.90. The van der Waals surface area contributed by atoms with Crippen LogP contribution in [0.1, 0.15) is 98.8 Å². The molecule has 0 amide bonds. The highest BCUT2D eigenvalue weighted by Gasteiger charge is 2.24. The van der Waals surface area contributed by atoms with E-state index in [0.29, 0.717) is 20.9 Å². The number of aromatic nitrogens is 2. The summed E-state index contributed by atoms with van der Waals surface area (Å²) in [6.45, 7) is 16.8. The van der Waals surface area contributed by atoms with Gasteiger partial charge in [-0.1, -0.05) is 103 Å². The Kier molecular flexibility index (Phi) is 14.4. The van der Waals surface area contributed by atoms with Gasteiger partial charge in [-0.3, -0.25) is 14.9 Å². The minimum atomic E-state index is 0.416. The van der Waals surface area contributed by atoms with E-state index in [1.54, 1.807) is 0 Å². The fourth-order valence-electron chi connectivity index (χ4n) is 7.11. The van der Waals surface area contributed by atoms with Gasteiger partial charge in [0.2, 0.25) is 0 Å². The number of nitrogens with one attached hydrogen (secondary N) is 2. The van der Waals surface area contributed by atoms with Gasteiger partial charge in [0.15, 0.2) is 0 Å². The number of unbranched alkanes of at least 4 members (excludes halogenated alkanes) is 7. The Morgan fingerprint density at radius 1 is 0.596 bits per heavy atom. The van der Waals surface area contributed by atoms with Crippen LogP contribution in [0.3, 0.4) is 0 Å². The van der Waals surface area contributed by atoms with Gasteiger partial charge in [-0.25, -0.2) is 0 Å². The van der Waals surface area contributed by atoms with E-state index in [4.69, 9.17) is 23.2 Å². The first-order chi connectivity index (χ1) is 22.5. The summed E-state index contributed by atoms with van der Waals surface area (Å²) < 4.78 is 0. The number of hydrogen-bond acceptors (Lipinski definition) is 5. The largest absolute Gasteiger partial charge is 0.383 e. The molecule has 2 aromatic carbocycles. The van der Waals surface area contributed by atoms with Crippen molar-refractivity contribution in [3.63, 3.8) is 0 Å². The van der Waals surface area contributed by atoms with E-state index in [0.717, 1.165) is 65.9 Å². The van der Waals surface area contributed by atoms with Gasteiger partial charge in [0, 0.05) is 70.8 Å². The summed E-state index contributed by atoms with van der Waals surface area (Å²) in [7, 11) is 0. The van der Waals surface area contributed by atoms with E-state index >= 15 is 0 Å². The third kappa shape index (κ3) is 13.1. The maximum Gasteiger partial charge on any atom is 0.0737 e. The first-order valence-electron chi connectivity index (χ1n) is 17.8. The van der Waals surface area contributed by atoms with E-state index in [2.05, 4.69) is 84.4 Å². The zero-order chi connectivity index (χ0) is 33.7. The Morgan fingerprint density at radius 2 is 1.06 bits per heavy atom. The monoisotopic (exact) mass is 677 g/mol.